The summed E-state index contributed by atoms with van der Waals surface area (Å²) >= 11 is 0. The Hall–Kier alpha value is -1.40. The van der Waals surface area contributed by atoms with E-state index in [0.29, 0.717) is 19.4 Å². The van der Waals surface area contributed by atoms with Crippen molar-refractivity contribution >= 4 is 11.9 Å². The second-order valence-corrected chi connectivity index (χ2v) is 21.0. The number of ether oxygens (including phenoxy) is 1. The number of esters is 1. The minimum absolute atomic E-state index is 0.0166. The summed E-state index contributed by atoms with van der Waals surface area (Å²) in [5.74, 6) is -0.0495. The van der Waals surface area contributed by atoms with E-state index in [1.807, 2.05) is 6.08 Å². The molecule has 6 heteroatoms. The molecular weight excluding hydrogens is 827 g/mol. The summed E-state index contributed by atoms with van der Waals surface area (Å²) in [7, 11) is 0. The highest BCUT2D eigenvalue weighted by Gasteiger charge is 2.18. The van der Waals surface area contributed by atoms with Crippen molar-refractivity contribution in [2.24, 2.45) is 0 Å². The standard InChI is InChI=1S/C61H119NO5/c1-3-5-7-9-11-13-15-17-31-35-39-43-47-51-55-61(66)67-56-52-48-44-40-36-32-28-26-24-22-20-18-19-21-23-25-27-30-34-38-42-46-50-54-60(65)62-58(57-63)59(64)53-49-45-41-37-33-29-16-14-12-10-8-6-4-2/h49,53,58-59,63-64H,3-48,50-52,54-57H2,1-2H3,(H,62,65)/b53-49+. The third-order valence-electron chi connectivity index (χ3n) is 14.3. The Morgan fingerprint density at radius 1 is 0.403 bits per heavy atom. The maximum atomic E-state index is 12.4. The van der Waals surface area contributed by atoms with E-state index in [4.69, 9.17) is 4.74 Å². The molecule has 0 heterocycles. The van der Waals surface area contributed by atoms with Crippen molar-refractivity contribution < 1.29 is 24.5 Å². The van der Waals surface area contributed by atoms with E-state index in [-0.39, 0.29) is 18.5 Å². The minimum atomic E-state index is -0.842. The average Bonchev–Trinajstić information content (AvgIpc) is 3.33. The lowest BCUT2D eigenvalue weighted by molar-refractivity contribution is -0.143. The van der Waals surface area contributed by atoms with E-state index < -0.39 is 12.1 Å². The first kappa shape index (κ1) is 65.6. The van der Waals surface area contributed by atoms with Crippen LogP contribution in [0.3, 0.4) is 0 Å². The molecule has 0 aromatic carbocycles. The van der Waals surface area contributed by atoms with Gasteiger partial charge in [-0.15, -0.1) is 0 Å². The van der Waals surface area contributed by atoms with Crippen molar-refractivity contribution in [1.29, 1.82) is 0 Å². The normalized spacial score (nSPS) is 12.6. The largest absolute Gasteiger partial charge is 0.466 e. The molecule has 0 rings (SSSR count). The van der Waals surface area contributed by atoms with Crippen molar-refractivity contribution in [3.63, 3.8) is 0 Å². The Morgan fingerprint density at radius 2 is 0.687 bits per heavy atom. The third kappa shape index (κ3) is 53.8. The fourth-order valence-corrected chi connectivity index (χ4v) is 9.64. The topological polar surface area (TPSA) is 95.9 Å². The summed E-state index contributed by atoms with van der Waals surface area (Å²) in [5.41, 5.74) is 0. The van der Waals surface area contributed by atoms with Crippen LogP contribution in [0.4, 0.5) is 0 Å². The van der Waals surface area contributed by atoms with Crippen LogP contribution in [0.1, 0.15) is 341 Å². The quantitative estimate of drug-likeness (QED) is 0.0321. The number of nitrogens with one attached hydrogen (secondary N) is 1. The lowest BCUT2D eigenvalue weighted by atomic mass is 10.0. The maximum Gasteiger partial charge on any atom is 0.305 e. The SMILES string of the molecule is CCCCCCCCCCCCC/C=C/C(O)C(CO)NC(=O)CCCCCCCCCCCCCCCCCCCCCCCCCOC(=O)CCCCCCCCCCCCCCCC. The second-order valence-electron chi connectivity index (χ2n) is 21.0. The molecule has 0 bridgehead atoms. The van der Waals surface area contributed by atoms with Gasteiger partial charge in [-0.1, -0.05) is 309 Å². The van der Waals surface area contributed by atoms with Crippen LogP contribution in [0.2, 0.25) is 0 Å². The molecule has 0 aliphatic heterocycles. The van der Waals surface area contributed by atoms with Gasteiger partial charge in [0.05, 0.1) is 25.4 Å². The fourth-order valence-electron chi connectivity index (χ4n) is 9.64. The van der Waals surface area contributed by atoms with Crippen LogP contribution in [0, 0.1) is 0 Å². The molecule has 0 radical (unpaired) electrons. The van der Waals surface area contributed by atoms with Gasteiger partial charge in [0.2, 0.25) is 5.91 Å². The zero-order valence-corrected chi connectivity index (χ0v) is 45.4. The number of aliphatic hydroxyl groups excluding tert-OH is 2. The number of hydrogen-bond donors (Lipinski definition) is 3. The van der Waals surface area contributed by atoms with Crippen molar-refractivity contribution in [3.05, 3.63) is 12.2 Å². The molecular formula is C61H119NO5. The summed E-state index contributed by atoms with van der Waals surface area (Å²) < 4.78 is 5.49. The van der Waals surface area contributed by atoms with Gasteiger partial charge in [0.25, 0.3) is 0 Å². The second kappa shape index (κ2) is 57.2. The van der Waals surface area contributed by atoms with E-state index in [2.05, 4.69) is 19.2 Å². The van der Waals surface area contributed by atoms with E-state index in [1.54, 1.807) is 6.08 Å². The Morgan fingerprint density at radius 3 is 1.01 bits per heavy atom. The predicted molar refractivity (Wildman–Crippen MR) is 292 cm³/mol. The first-order valence-electron chi connectivity index (χ1n) is 30.5. The molecule has 0 saturated heterocycles. The first-order chi connectivity index (χ1) is 33.0. The van der Waals surface area contributed by atoms with Gasteiger partial charge in [-0.3, -0.25) is 9.59 Å². The lowest BCUT2D eigenvalue weighted by Gasteiger charge is -2.20. The Labute approximate surface area is 419 Å². The number of carbonyl (C=O) groups excluding carboxylic acids is 2. The Balaban J connectivity index is 3.37. The monoisotopic (exact) mass is 946 g/mol. The number of allylic oxidation sites excluding steroid dienone is 1. The van der Waals surface area contributed by atoms with Crippen LogP contribution in [0.25, 0.3) is 0 Å². The Kier molecular flexibility index (Phi) is 56.0. The van der Waals surface area contributed by atoms with Crippen LogP contribution in [0.5, 0.6) is 0 Å². The van der Waals surface area contributed by atoms with Gasteiger partial charge in [0.1, 0.15) is 0 Å². The number of hydrogen-bond acceptors (Lipinski definition) is 5. The summed E-state index contributed by atoms with van der Waals surface area (Å²) in [6, 6.07) is -0.625. The van der Waals surface area contributed by atoms with E-state index in [0.717, 1.165) is 38.5 Å². The molecule has 0 aliphatic rings. The molecule has 67 heavy (non-hydrogen) atoms. The third-order valence-corrected chi connectivity index (χ3v) is 14.3. The Bertz CT molecular complexity index is 1000. The van der Waals surface area contributed by atoms with Crippen molar-refractivity contribution in [2.45, 2.75) is 353 Å². The molecule has 0 aromatic rings. The zero-order chi connectivity index (χ0) is 48.6. The molecule has 0 saturated carbocycles. The van der Waals surface area contributed by atoms with Crippen LogP contribution in [0.15, 0.2) is 12.2 Å². The van der Waals surface area contributed by atoms with Gasteiger partial charge in [0, 0.05) is 12.8 Å². The smallest absolute Gasteiger partial charge is 0.305 e. The van der Waals surface area contributed by atoms with Crippen molar-refractivity contribution in [1.82, 2.24) is 5.32 Å². The van der Waals surface area contributed by atoms with Crippen LogP contribution < -0.4 is 5.32 Å². The molecule has 2 unspecified atom stereocenters. The highest BCUT2D eigenvalue weighted by atomic mass is 16.5. The minimum Gasteiger partial charge on any atom is -0.466 e. The number of aliphatic hydroxyl groups is 2. The number of unbranched alkanes of at least 4 members (excludes halogenated alkanes) is 46. The van der Waals surface area contributed by atoms with E-state index in [9.17, 15) is 19.8 Å². The maximum absolute atomic E-state index is 12.4. The lowest BCUT2D eigenvalue weighted by Crippen LogP contribution is -2.45. The summed E-state index contributed by atoms with van der Waals surface area (Å²) in [6.07, 6.45) is 68.2. The van der Waals surface area contributed by atoms with Gasteiger partial charge in [0.15, 0.2) is 0 Å². The number of carbonyl (C=O) groups is 2. The van der Waals surface area contributed by atoms with Crippen LogP contribution in [-0.2, 0) is 14.3 Å². The number of amides is 1. The fraction of sp³-hybridized carbons (Fsp3) is 0.934. The molecule has 6 nitrogen and oxygen atoms in total. The van der Waals surface area contributed by atoms with Crippen molar-refractivity contribution in [2.75, 3.05) is 13.2 Å². The molecule has 0 fully saturated rings. The summed E-state index contributed by atoms with van der Waals surface area (Å²) in [4.78, 5) is 24.5. The molecule has 0 aromatic heterocycles. The summed E-state index contributed by atoms with van der Waals surface area (Å²) in [5, 5.41) is 23.1. The molecule has 1 amide bonds. The highest BCUT2D eigenvalue weighted by molar-refractivity contribution is 5.76. The van der Waals surface area contributed by atoms with Gasteiger partial charge in [-0.25, -0.2) is 0 Å². The van der Waals surface area contributed by atoms with Crippen LogP contribution >= 0.6 is 0 Å². The highest BCUT2D eigenvalue weighted by Crippen LogP contribution is 2.18. The molecule has 0 aliphatic carbocycles. The molecule has 3 N–H and O–H groups in total. The van der Waals surface area contributed by atoms with Gasteiger partial charge >= 0.3 is 5.97 Å². The molecule has 2 atom stereocenters. The predicted octanol–water partition coefficient (Wildman–Crippen LogP) is 18.9. The number of rotatable bonds is 57. The van der Waals surface area contributed by atoms with Crippen molar-refractivity contribution in [3.8, 4) is 0 Å². The molecule has 0 spiro atoms. The molecule has 398 valence electrons. The average molecular weight is 947 g/mol. The van der Waals surface area contributed by atoms with Gasteiger partial charge in [-0.05, 0) is 32.1 Å². The first-order valence-corrected chi connectivity index (χ1v) is 30.5. The zero-order valence-electron chi connectivity index (χ0n) is 45.4. The van der Waals surface area contributed by atoms with E-state index >= 15 is 0 Å². The summed E-state index contributed by atoms with van der Waals surface area (Å²) in [6.45, 7) is 4.92. The van der Waals surface area contributed by atoms with Gasteiger partial charge in [-0.2, -0.15) is 0 Å². The van der Waals surface area contributed by atoms with Crippen LogP contribution in [-0.4, -0.2) is 47.4 Å². The van der Waals surface area contributed by atoms with E-state index in [1.165, 1.54) is 276 Å². The van der Waals surface area contributed by atoms with Gasteiger partial charge < -0.3 is 20.3 Å².